The molecular formula is C25H20O10. The maximum atomic E-state index is 12.3. The fourth-order valence-corrected chi connectivity index (χ4v) is 3.55. The van der Waals surface area contributed by atoms with E-state index in [1.807, 2.05) is 0 Å². The maximum Gasteiger partial charge on any atom is 0.371 e. The molecule has 10 nitrogen and oxygen atoms in total. The zero-order chi connectivity index (χ0) is 24.9. The molecule has 0 saturated carbocycles. The quantitative estimate of drug-likeness (QED) is 0.319. The standard InChI is InChI=1S/C25H20O10/c26-14-12-20(24(28)29)34-18-8-4-6-16(22(14)18)32-10-2-1-3-11-33-17-7-5-9-19-23(17)15(27)13-21(35-19)25(30)31/h4-9,12-13H,1-3,10-11H2,(H,28,29)(H,30,31). The van der Waals surface area contributed by atoms with Crippen LogP contribution in [-0.2, 0) is 0 Å². The Kier molecular flexibility index (Phi) is 6.81. The highest BCUT2D eigenvalue weighted by atomic mass is 16.5. The van der Waals surface area contributed by atoms with Crippen molar-refractivity contribution in [3.8, 4) is 11.5 Å². The zero-order valence-electron chi connectivity index (χ0n) is 18.3. The highest BCUT2D eigenvalue weighted by molar-refractivity contribution is 5.90. The van der Waals surface area contributed by atoms with Crippen molar-refractivity contribution >= 4 is 33.9 Å². The monoisotopic (exact) mass is 480 g/mol. The van der Waals surface area contributed by atoms with Crippen LogP contribution in [0.1, 0.15) is 40.4 Å². The molecule has 0 bridgehead atoms. The molecule has 0 unspecified atom stereocenters. The molecule has 10 heteroatoms. The Bertz CT molecular complexity index is 1410. The molecule has 2 N–H and O–H groups in total. The van der Waals surface area contributed by atoms with E-state index in [-0.39, 0.29) is 21.9 Å². The van der Waals surface area contributed by atoms with E-state index in [1.165, 1.54) is 12.1 Å². The highest BCUT2D eigenvalue weighted by Crippen LogP contribution is 2.25. The van der Waals surface area contributed by atoms with Crippen LogP contribution in [0.15, 0.2) is 67.0 Å². The van der Waals surface area contributed by atoms with Gasteiger partial charge in [-0.3, -0.25) is 9.59 Å². The lowest BCUT2D eigenvalue weighted by Crippen LogP contribution is -2.09. The first-order chi connectivity index (χ1) is 16.8. The van der Waals surface area contributed by atoms with Gasteiger partial charge in [-0.05, 0) is 43.5 Å². The Morgan fingerprint density at radius 2 is 1.11 bits per heavy atom. The summed E-state index contributed by atoms with van der Waals surface area (Å²) >= 11 is 0. The van der Waals surface area contributed by atoms with E-state index in [4.69, 9.17) is 28.5 Å². The largest absolute Gasteiger partial charge is 0.493 e. The first-order valence-electron chi connectivity index (χ1n) is 10.7. The van der Waals surface area contributed by atoms with Gasteiger partial charge in [0.05, 0.1) is 13.2 Å². The minimum absolute atomic E-state index is 0.135. The summed E-state index contributed by atoms with van der Waals surface area (Å²) in [6, 6.07) is 11.3. The molecule has 35 heavy (non-hydrogen) atoms. The molecule has 180 valence electrons. The zero-order valence-corrected chi connectivity index (χ0v) is 18.3. The van der Waals surface area contributed by atoms with Gasteiger partial charge in [0.1, 0.15) is 33.4 Å². The molecule has 0 aliphatic carbocycles. The van der Waals surface area contributed by atoms with Crippen LogP contribution in [0.5, 0.6) is 11.5 Å². The molecule has 0 aliphatic heterocycles. The lowest BCUT2D eigenvalue weighted by Gasteiger charge is -2.10. The van der Waals surface area contributed by atoms with Crippen LogP contribution >= 0.6 is 0 Å². The van der Waals surface area contributed by atoms with Crippen molar-refractivity contribution in [3.05, 3.63) is 80.5 Å². The van der Waals surface area contributed by atoms with Crippen molar-refractivity contribution in [2.24, 2.45) is 0 Å². The number of ether oxygens (including phenoxy) is 2. The van der Waals surface area contributed by atoms with Crippen molar-refractivity contribution in [2.45, 2.75) is 19.3 Å². The van der Waals surface area contributed by atoms with Crippen LogP contribution in [0.3, 0.4) is 0 Å². The number of hydrogen-bond acceptors (Lipinski definition) is 8. The van der Waals surface area contributed by atoms with Gasteiger partial charge < -0.3 is 28.5 Å². The van der Waals surface area contributed by atoms with E-state index in [0.717, 1.165) is 18.6 Å². The minimum Gasteiger partial charge on any atom is -0.493 e. The Morgan fingerprint density at radius 3 is 1.51 bits per heavy atom. The third-order valence-corrected chi connectivity index (χ3v) is 5.16. The Labute approximate surface area is 196 Å². The molecule has 0 amide bonds. The first kappa shape index (κ1) is 23.6. The smallest absolute Gasteiger partial charge is 0.371 e. The van der Waals surface area contributed by atoms with Gasteiger partial charge in [-0.1, -0.05) is 12.1 Å². The van der Waals surface area contributed by atoms with E-state index in [9.17, 15) is 19.2 Å². The average molecular weight is 480 g/mol. The van der Waals surface area contributed by atoms with Crippen LogP contribution in [0.2, 0.25) is 0 Å². The van der Waals surface area contributed by atoms with Crippen molar-refractivity contribution in [2.75, 3.05) is 13.2 Å². The van der Waals surface area contributed by atoms with Gasteiger partial charge in [-0.15, -0.1) is 0 Å². The van der Waals surface area contributed by atoms with Gasteiger partial charge in [-0.2, -0.15) is 0 Å². The number of carboxylic acid groups (broad SMARTS) is 2. The molecule has 2 aromatic carbocycles. The van der Waals surface area contributed by atoms with Crippen LogP contribution < -0.4 is 20.3 Å². The predicted molar refractivity (Wildman–Crippen MR) is 124 cm³/mol. The maximum absolute atomic E-state index is 12.3. The van der Waals surface area contributed by atoms with E-state index in [2.05, 4.69) is 0 Å². The van der Waals surface area contributed by atoms with Crippen molar-refractivity contribution < 1.29 is 38.1 Å². The summed E-state index contributed by atoms with van der Waals surface area (Å²) in [7, 11) is 0. The van der Waals surface area contributed by atoms with Gasteiger partial charge in [0.2, 0.25) is 11.5 Å². The average Bonchev–Trinajstić information content (AvgIpc) is 2.82. The molecule has 0 radical (unpaired) electrons. The molecule has 0 atom stereocenters. The summed E-state index contributed by atoms with van der Waals surface area (Å²) in [5.74, 6) is -2.91. The van der Waals surface area contributed by atoms with Gasteiger partial charge >= 0.3 is 11.9 Å². The van der Waals surface area contributed by atoms with Crippen molar-refractivity contribution in [1.29, 1.82) is 0 Å². The summed E-state index contributed by atoms with van der Waals surface area (Å²) in [5, 5.41) is 18.4. The number of unbranched alkanes of at least 4 members (excludes halogenated alkanes) is 2. The lowest BCUT2D eigenvalue weighted by molar-refractivity contribution is 0.0653. The van der Waals surface area contributed by atoms with Crippen LogP contribution in [0.4, 0.5) is 0 Å². The number of hydrogen-bond donors (Lipinski definition) is 2. The fraction of sp³-hybridized carbons (Fsp3) is 0.200. The Hall–Kier alpha value is -4.60. The Balaban J connectivity index is 1.31. The molecule has 0 fully saturated rings. The highest BCUT2D eigenvalue weighted by Gasteiger charge is 2.15. The van der Waals surface area contributed by atoms with E-state index < -0.39 is 34.3 Å². The van der Waals surface area contributed by atoms with E-state index in [0.29, 0.717) is 37.6 Å². The number of benzene rings is 2. The van der Waals surface area contributed by atoms with Crippen LogP contribution in [0, 0.1) is 0 Å². The normalized spacial score (nSPS) is 11.0. The molecule has 0 aliphatic rings. The molecular weight excluding hydrogens is 460 g/mol. The summed E-state index contributed by atoms with van der Waals surface area (Å²) in [5.41, 5.74) is -0.725. The van der Waals surface area contributed by atoms with Gasteiger partial charge in [0.25, 0.3) is 0 Å². The van der Waals surface area contributed by atoms with Gasteiger partial charge in [0.15, 0.2) is 10.9 Å². The fourth-order valence-electron chi connectivity index (χ4n) is 3.55. The molecule has 0 saturated heterocycles. The number of rotatable bonds is 10. The summed E-state index contributed by atoms with van der Waals surface area (Å²) < 4.78 is 21.9. The molecule has 4 aromatic rings. The Morgan fingerprint density at radius 1 is 0.686 bits per heavy atom. The molecule has 0 spiro atoms. The molecule has 4 rings (SSSR count). The second kappa shape index (κ2) is 10.1. The summed E-state index contributed by atoms with van der Waals surface area (Å²) in [4.78, 5) is 46.8. The molecule has 2 aromatic heterocycles. The third kappa shape index (κ3) is 5.16. The topological polar surface area (TPSA) is 153 Å². The summed E-state index contributed by atoms with van der Waals surface area (Å²) in [6.07, 6.45) is 2.03. The van der Waals surface area contributed by atoms with E-state index >= 15 is 0 Å². The van der Waals surface area contributed by atoms with E-state index in [1.54, 1.807) is 24.3 Å². The lowest BCUT2D eigenvalue weighted by atomic mass is 10.2. The molecule has 2 heterocycles. The van der Waals surface area contributed by atoms with Gasteiger partial charge in [-0.25, -0.2) is 9.59 Å². The predicted octanol–water partition coefficient (Wildman–Crippen LogP) is 3.92. The number of carbonyl (C=O) groups is 2. The second-order valence-electron chi connectivity index (χ2n) is 7.58. The SMILES string of the molecule is O=C(O)c1cc(=O)c2c(OCCCCCOc3cccc4oc(C(=O)O)cc(=O)c34)cccc2o1. The first-order valence-corrected chi connectivity index (χ1v) is 10.7. The van der Waals surface area contributed by atoms with Crippen molar-refractivity contribution in [1.82, 2.24) is 0 Å². The third-order valence-electron chi connectivity index (χ3n) is 5.16. The number of carboxylic acids is 2. The van der Waals surface area contributed by atoms with Crippen LogP contribution in [-0.4, -0.2) is 35.4 Å². The minimum atomic E-state index is -1.33. The summed E-state index contributed by atoms with van der Waals surface area (Å²) in [6.45, 7) is 0.629. The number of aromatic carboxylic acids is 2. The van der Waals surface area contributed by atoms with Crippen LogP contribution in [0.25, 0.3) is 21.9 Å². The van der Waals surface area contributed by atoms with Gasteiger partial charge in [0, 0.05) is 12.1 Å². The van der Waals surface area contributed by atoms with Crippen molar-refractivity contribution in [3.63, 3.8) is 0 Å². The second-order valence-corrected chi connectivity index (χ2v) is 7.58. The number of fused-ring (bicyclic) bond motifs is 2.